The van der Waals surface area contributed by atoms with Crippen molar-refractivity contribution in [2.45, 2.75) is 24.9 Å². The lowest BCUT2D eigenvalue weighted by Crippen LogP contribution is -2.26. The van der Waals surface area contributed by atoms with Crippen molar-refractivity contribution in [3.63, 3.8) is 0 Å². The van der Waals surface area contributed by atoms with Crippen LogP contribution < -0.4 is 0 Å². The highest BCUT2D eigenvalue weighted by molar-refractivity contribution is 5.83. The Bertz CT molecular complexity index is 483. The molecule has 0 amide bonds. The number of benzene rings is 2. The molecule has 0 saturated heterocycles. The summed E-state index contributed by atoms with van der Waals surface area (Å²) in [4.78, 5) is 0. The molecule has 0 aromatic heterocycles. The molecule has 0 spiro atoms. The van der Waals surface area contributed by atoms with Crippen LogP contribution in [0.2, 0.25) is 0 Å². The molecule has 1 nitrogen and oxygen atoms in total. The van der Waals surface area contributed by atoms with Crippen molar-refractivity contribution < 1.29 is 5.11 Å². The number of hydrogen-bond acceptors (Lipinski definition) is 1. The van der Waals surface area contributed by atoms with Gasteiger partial charge in [0, 0.05) is 0 Å². The molecule has 0 bridgehead atoms. The van der Waals surface area contributed by atoms with Gasteiger partial charge in [0.25, 0.3) is 0 Å². The molecule has 0 radical (unpaired) electrons. The summed E-state index contributed by atoms with van der Waals surface area (Å²) in [5, 5.41) is 11.9. The third-order valence-corrected chi connectivity index (χ3v) is 3.36. The number of aliphatic hydroxyl groups excluding tert-OH is 1. The number of rotatable bonds is 1. The summed E-state index contributed by atoms with van der Waals surface area (Å²) < 4.78 is 0. The van der Waals surface area contributed by atoms with E-state index in [1.807, 2.05) is 0 Å². The predicted molar refractivity (Wildman–Crippen MR) is 61.9 cm³/mol. The Labute approximate surface area is 89.4 Å². The van der Waals surface area contributed by atoms with Crippen molar-refractivity contribution >= 4 is 10.8 Å². The summed E-state index contributed by atoms with van der Waals surface area (Å²) in [6.45, 7) is 0. The quantitative estimate of drug-likeness (QED) is 0.746. The van der Waals surface area contributed by atoms with E-state index >= 15 is 0 Å². The van der Waals surface area contributed by atoms with Crippen LogP contribution in [0.15, 0.2) is 42.5 Å². The average molecular weight is 198 g/mol. The van der Waals surface area contributed by atoms with Crippen LogP contribution in [0.1, 0.15) is 24.3 Å². The summed E-state index contributed by atoms with van der Waals surface area (Å²) in [5.41, 5.74) is 1.37. The van der Waals surface area contributed by atoms with Crippen molar-refractivity contribution in [1.29, 1.82) is 0 Å². The zero-order valence-corrected chi connectivity index (χ0v) is 8.56. The standard InChI is InChI=1S/C14H14O/c15-14-8-13(9-14)12-6-5-10-3-1-2-4-11(10)7-12/h1-7,13-15H,8-9H2. The molecule has 0 atom stereocenters. The van der Waals surface area contributed by atoms with Gasteiger partial charge in [-0.3, -0.25) is 0 Å². The first-order valence-electron chi connectivity index (χ1n) is 5.50. The second-order valence-corrected chi connectivity index (χ2v) is 4.43. The Balaban J connectivity index is 1.99. The fraction of sp³-hybridized carbons (Fsp3) is 0.286. The van der Waals surface area contributed by atoms with E-state index in [0.717, 1.165) is 12.8 Å². The summed E-state index contributed by atoms with van der Waals surface area (Å²) in [6, 6.07) is 15.0. The SMILES string of the molecule is OC1CC(c2ccc3ccccc3c2)C1. The topological polar surface area (TPSA) is 20.2 Å². The Kier molecular flexibility index (Phi) is 2.00. The first-order chi connectivity index (χ1) is 7.33. The lowest BCUT2D eigenvalue weighted by molar-refractivity contribution is 0.0747. The van der Waals surface area contributed by atoms with Crippen LogP contribution in [0, 0.1) is 0 Å². The van der Waals surface area contributed by atoms with E-state index in [-0.39, 0.29) is 6.10 Å². The molecule has 76 valence electrons. The van der Waals surface area contributed by atoms with Crippen molar-refractivity contribution in [2.24, 2.45) is 0 Å². The van der Waals surface area contributed by atoms with Gasteiger partial charge in [0.1, 0.15) is 0 Å². The number of fused-ring (bicyclic) bond motifs is 1. The molecule has 1 aliphatic rings. The van der Waals surface area contributed by atoms with Gasteiger partial charge in [-0.2, -0.15) is 0 Å². The third kappa shape index (κ3) is 1.53. The van der Waals surface area contributed by atoms with E-state index in [0.29, 0.717) is 5.92 Å². The maximum Gasteiger partial charge on any atom is 0.0552 e. The van der Waals surface area contributed by atoms with Crippen LogP contribution in [0.4, 0.5) is 0 Å². The van der Waals surface area contributed by atoms with E-state index < -0.39 is 0 Å². The normalized spacial score (nSPS) is 25.1. The van der Waals surface area contributed by atoms with Gasteiger partial charge in [-0.25, -0.2) is 0 Å². The van der Waals surface area contributed by atoms with E-state index in [1.54, 1.807) is 0 Å². The molecule has 0 unspecified atom stereocenters. The zero-order chi connectivity index (χ0) is 10.3. The van der Waals surface area contributed by atoms with Gasteiger partial charge in [-0.05, 0) is 35.1 Å². The molecule has 0 heterocycles. The second kappa shape index (κ2) is 3.35. The fourth-order valence-electron chi connectivity index (χ4n) is 2.32. The summed E-state index contributed by atoms with van der Waals surface area (Å²) in [6.07, 6.45) is 1.79. The number of hydrogen-bond donors (Lipinski definition) is 1. The summed E-state index contributed by atoms with van der Waals surface area (Å²) in [5.74, 6) is 0.574. The smallest absolute Gasteiger partial charge is 0.0552 e. The highest BCUT2D eigenvalue weighted by Gasteiger charge is 2.28. The molecule has 1 N–H and O–H groups in total. The van der Waals surface area contributed by atoms with Gasteiger partial charge in [-0.1, -0.05) is 42.5 Å². The van der Waals surface area contributed by atoms with Gasteiger partial charge < -0.3 is 5.11 Å². The van der Waals surface area contributed by atoms with Gasteiger partial charge in [0.15, 0.2) is 0 Å². The van der Waals surface area contributed by atoms with Gasteiger partial charge >= 0.3 is 0 Å². The van der Waals surface area contributed by atoms with Crippen LogP contribution in [0.3, 0.4) is 0 Å². The van der Waals surface area contributed by atoms with Crippen molar-refractivity contribution in [2.75, 3.05) is 0 Å². The fourth-order valence-corrected chi connectivity index (χ4v) is 2.32. The monoisotopic (exact) mass is 198 g/mol. The lowest BCUT2D eigenvalue weighted by Gasteiger charge is -2.31. The molecular weight excluding hydrogens is 184 g/mol. The summed E-state index contributed by atoms with van der Waals surface area (Å²) >= 11 is 0. The zero-order valence-electron chi connectivity index (χ0n) is 8.56. The molecule has 1 heteroatoms. The maximum absolute atomic E-state index is 9.29. The largest absolute Gasteiger partial charge is 0.393 e. The predicted octanol–water partition coefficient (Wildman–Crippen LogP) is 3.08. The molecule has 0 aliphatic heterocycles. The Morgan fingerprint density at radius 1 is 0.933 bits per heavy atom. The highest BCUT2D eigenvalue weighted by atomic mass is 16.3. The maximum atomic E-state index is 9.29. The second-order valence-electron chi connectivity index (χ2n) is 4.43. The van der Waals surface area contributed by atoms with E-state index in [9.17, 15) is 5.11 Å². The van der Waals surface area contributed by atoms with Gasteiger partial charge in [-0.15, -0.1) is 0 Å². The van der Waals surface area contributed by atoms with Gasteiger partial charge in [0.05, 0.1) is 6.10 Å². The van der Waals surface area contributed by atoms with Gasteiger partial charge in [0.2, 0.25) is 0 Å². The Morgan fingerprint density at radius 3 is 2.40 bits per heavy atom. The van der Waals surface area contributed by atoms with Crippen LogP contribution in [-0.4, -0.2) is 11.2 Å². The van der Waals surface area contributed by atoms with Crippen LogP contribution in [-0.2, 0) is 0 Å². The first kappa shape index (κ1) is 8.93. The minimum absolute atomic E-state index is 0.0681. The van der Waals surface area contributed by atoms with Crippen LogP contribution >= 0.6 is 0 Å². The minimum atomic E-state index is -0.0681. The Hall–Kier alpha value is -1.34. The molecule has 1 aliphatic carbocycles. The van der Waals surface area contributed by atoms with E-state index in [4.69, 9.17) is 0 Å². The summed E-state index contributed by atoms with van der Waals surface area (Å²) in [7, 11) is 0. The molecule has 15 heavy (non-hydrogen) atoms. The lowest BCUT2D eigenvalue weighted by atomic mass is 9.77. The molecule has 1 saturated carbocycles. The number of aliphatic hydroxyl groups is 1. The molecule has 1 fully saturated rings. The average Bonchev–Trinajstić information content (AvgIpc) is 2.24. The van der Waals surface area contributed by atoms with Crippen LogP contribution in [0.25, 0.3) is 10.8 Å². The third-order valence-electron chi connectivity index (χ3n) is 3.36. The van der Waals surface area contributed by atoms with E-state index in [1.165, 1.54) is 16.3 Å². The Morgan fingerprint density at radius 2 is 1.67 bits per heavy atom. The molecule has 2 aromatic rings. The first-order valence-corrected chi connectivity index (χ1v) is 5.50. The van der Waals surface area contributed by atoms with Crippen molar-refractivity contribution in [1.82, 2.24) is 0 Å². The minimum Gasteiger partial charge on any atom is -0.393 e. The van der Waals surface area contributed by atoms with E-state index in [2.05, 4.69) is 42.5 Å². The van der Waals surface area contributed by atoms with Crippen molar-refractivity contribution in [3.05, 3.63) is 48.0 Å². The van der Waals surface area contributed by atoms with Crippen molar-refractivity contribution in [3.8, 4) is 0 Å². The molecule has 2 aromatic carbocycles. The van der Waals surface area contributed by atoms with Crippen LogP contribution in [0.5, 0.6) is 0 Å². The highest BCUT2D eigenvalue weighted by Crippen LogP contribution is 2.37. The molecule has 3 rings (SSSR count). The molecular formula is C14H14O.